The zero-order valence-corrected chi connectivity index (χ0v) is 15.8. The minimum absolute atomic E-state index is 0. The van der Waals surface area contributed by atoms with Crippen molar-refractivity contribution in [2.24, 2.45) is 0 Å². The lowest BCUT2D eigenvalue weighted by Crippen LogP contribution is -2.47. The largest absolute Gasteiger partial charge is 0.494 e. The monoisotopic (exact) mass is 400 g/mol. The molecule has 0 radical (unpaired) electrons. The van der Waals surface area contributed by atoms with Crippen LogP contribution in [0.3, 0.4) is 0 Å². The second kappa shape index (κ2) is 9.66. The van der Waals surface area contributed by atoms with E-state index in [4.69, 9.17) is 16.3 Å². The molecule has 0 aliphatic carbocycles. The SMILES string of the molecule is Cl.O=c1cc(N2CCN(CCCOc3ccc(Cl)cc3)CC2)[nH]c(=O)[nH]1. The average molecular weight is 401 g/mol. The quantitative estimate of drug-likeness (QED) is 0.721. The number of benzene rings is 1. The van der Waals surface area contributed by atoms with Gasteiger partial charge in [0, 0.05) is 43.8 Å². The van der Waals surface area contributed by atoms with Gasteiger partial charge in [0.2, 0.25) is 0 Å². The lowest BCUT2D eigenvalue weighted by atomic mass is 10.3. The van der Waals surface area contributed by atoms with E-state index >= 15 is 0 Å². The third-order valence-corrected chi connectivity index (χ3v) is 4.41. The molecule has 0 amide bonds. The van der Waals surface area contributed by atoms with Crippen LogP contribution in [0, 0.1) is 0 Å². The summed E-state index contributed by atoms with van der Waals surface area (Å²) in [5, 5.41) is 0.701. The fourth-order valence-electron chi connectivity index (χ4n) is 2.85. The molecule has 2 N–H and O–H groups in total. The summed E-state index contributed by atoms with van der Waals surface area (Å²) in [4.78, 5) is 32.0. The van der Waals surface area contributed by atoms with E-state index in [1.165, 1.54) is 6.07 Å². The van der Waals surface area contributed by atoms with Gasteiger partial charge in [0.25, 0.3) is 5.56 Å². The third-order valence-electron chi connectivity index (χ3n) is 4.16. The summed E-state index contributed by atoms with van der Waals surface area (Å²) in [6, 6.07) is 8.79. The molecule has 7 nitrogen and oxygen atoms in total. The topological polar surface area (TPSA) is 81.4 Å². The molecule has 0 bridgehead atoms. The molecule has 1 aliphatic heterocycles. The van der Waals surface area contributed by atoms with Crippen LogP contribution < -0.4 is 20.9 Å². The number of hydrogen-bond donors (Lipinski definition) is 2. The smallest absolute Gasteiger partial charge is 0.327 e. The van der Waals surface area contributed by atoms with Crippen LogP contribution in [0.4, 0.5) is 5.82 Å². The third kappa shape index (κ3) is 5.79. The Morgan fingerprint density at radius 1 is 1.04 bits per heavy atom. The summed E-state index contributed by atoms with van der Waals surface area (Å²) in [6.07, 6.45) is 0.935. The second-order valence-electron chi connectivity index (χ2n) is 5.96. The van der Waals surface area contributed by atoms with E-state index in [9.17, 15) is 9.59 Å². The first kappa shape index (κ1) is 20.4. The van der Waals surface area contributed by atoms with E-state index < -0.39 is 5.69 Å². The van der Waals surface area contributed by atoms with Crippen molar-refractivity contribution in [3.05, 3.63) is 56.2 Å². The summed E-state index contributed by atoms with van der Waals surface area (Å²) >= 11 is 5.84. The predicted molar refractivity (Wildman–Crippen MR) is 105 cm³/mol. The molecule has 0 saturated carbocycles. The van der Waals surface area contributed by atoms with E-state index in [0.717, 1.165) is 44.9 Å². The average Bonchev–Trinajstić information content (AvgIpc) is 2.60. The molecule has 9 heteroatoms. The molecular formula is C17H22Cl2N4O3. The molecular weight excluding hydrogens is 379 g/mol. The number of aromatic amines is 2. The van der Waals surface area contributed by atoms with Gasteiger partial charge in [0.05, 0.1) is 6.61 Å². The highest BCUT2D eigenvalue weighted by atomic mass is 35.5. The number of nitrogens with one attached hydrogen (secondary N) is 2. The van der Waals surface area contributed by atoms with E-state index in [-0.39, 0.29) is 18.0 Å². The van der Waals surface area contributed by atoms with Crippen LogP contribution in [0.5, 0.6) is 5.75 Å². The summed E-state index contributed by atoms with van der Waals surface area (Å²) in [7, 11) is 0. The van der Waals surface area contributed by atoms with Crippen molar-refractivity contribution in [1.82, 2.24) is 14.9 Å². The highest BCUT2D eigenvalue weighted by molar-refractivity contribution is 6.30. The van der Waals surface area contributed by atoms with Crippen molar-refractivity contribution < 1.29 is 4.74 Å². The number of nitrogens with zero attached hydrogens (tertiary/aromatic N) is 2. The lowest BCUT2D eigenvalue weighted by Gasteiger charge is -2.35. The summed E-state index contributed by atoms with van der Waals surface area (Å²) in [5.74, 6) is 1.41. The standard InChI is InChI=1S/C17H21ClN4O3.ClH/c18-13-2-4-14(5-3-13)25-11-1-6-21-7-9-22(10-8-21)15-12-16(23)20-17(24)19-15;/h2-5,12H,1,6-11H2,(H2,19,20,23,24);1H. The van der Waals surface area contributed by atoms with Crippen LogP contribution in [0.1, 0.15) is 6.42 Å². The van der Waals surface area contributed by atoms with E-state index in [1.807, 2.05) is 29.2 Å². The van der Waals surface area contributed by atoms with Gasteiger partial charge in [-0.1, -0.05) is 11.6 Å². The first-order chi connectivity index (χ1) is 12.1. The number of H-pyrrole nitrogens is 2. The van der Waals surface area contributed by atoms with Crippen molar-refractivity contribution in [2.75, 3.05) is 44.2 Å². The van der Waals surface area contributed by atoms with Crippen LogP contribution in [-0.4, -0.2) is 54.2 Å². The van der Waals surface area contributed by atoms with Gasteiger partial charge in [0.1, 0.15) is 11.6 Å². The molecule has 2 heterocycles. The summed E-state index contributed by atoms with van der Waals surface area (Å²) in [6.45, 7) is 4.93. The Balaban J connectivity index is 0.00000243. The van der Waals surface area contributed by atoms with Crippen LogP contribution in [-0.2, 0) is 0 Å². The predicted octanol–water partition coefficient (Wildman–Crippen LogP) is 1.73. The molecule has 1 saturated heterocycles. The number of anilines is 1. The van der Waals surface area contributed by atoms with Gasteiger partial charge in [-0.3, -0.25) is 19.7 Å². The van der Waals surface area contributed by atoms with Crippen molar-refractivity contribution >= 4 is 29.8 Å². The normalized spacial score (nSPS) is 14.7. The Morgan fingerprint density at radius 2 is 1.73 bits per heavy atom. The Morgan fingerprint density at radius 3 is 2.38 bits per heavy atom. The fourth-order valence-corrected chi connectivity index (χ4v) is 2.97. The molecule has 0 spiro atoms. The van der Waals surface area contributed by atoms with Gasteiger partial charge in [-0.25, -0.2) is 4.79 Å². The first-order valence-corrected chi connectivity index (χ1v) is 8.67. The molecule has 2 aromatic rings. The highest BCUT2D eigenvalue weighted by Gasteiger charge is 2.17. The van der Waals surface area contributed by atoms with Gasteiger partial charge < -0.3 is 9.64 Å². The number of rotatable bonds is 6. The van der Waals surface area contributed by atoms with Crippen LogP contribution in [0.15, 0.2) is 39.9 Å². The van der Waals surface area contributed by atoms with E-state index in [0.29, 0.717) is 17.4 Å². The summed E-state index contributed by atoms with van der Waals surface area (Å²) < 4.78 is 5.70. The molecule has 3 rings (SSSR count). The fraction of sp³-hybridized carbons (Fsp3) is 0.412. The minimum Gasteiger partial charge on any atom is -0.494 e. The van der Waals surface area contributed by atoms with Gasteiger partial charge in [-0.05, 0) is 30.7 Å². The Labute approximate surface area is 162 Å². The van der Waals surface area contributed by atoms with Crippen molar-refractivity contribution in [1.29, 1.82) is 0 Å². The molecule has 142 valence electrons. The Hall–Kier alpha value is -1.96. The molecule has 26 heavy (non-hydrogen) atoms. The number of piperazine rings is 1. The molecule has 0 unspecified atom stereocenters. The Bertz CT molecular complexity index is 770. The molecule has 1 fully saturated rings. The van der Waals surface area contributed by atoms with Gasteiger partial charge in [-0.15, -0.1) is 12.4 Å². The number of hydrogen-bond acceptors (Lipinski definition) is 5. The number of aromatic nitrogens is 2. The Kier molecular flexibility index (Phi) is 7.56. The van der Waals surface area contributed by atoms with Gasteiger partial charge in [0.15, 0.2) is 0 Å². The van der Waals surface area contributed by atoms with Crippen molar-refractivity contribution in [2.45, 2.75) is 6.42 Å². The molecule has 1 aliphatic rings. The molecule has 1 aromatic heterocycles. The zero-order chi connectivity index (χ0) is 17.6. The van der Waals surface area contributed by atoms with Crippen molar-refractivity contribution in [3.63, 3.8) is 0 Å². The number of halogens is 2. The van der Waals surface area contributed by atoms with Crippen LogP contribution in [0.2, 0.25) is 5.02 Å². The minimum atomic E-state index is -0.468. The maximum Gasteiger partial charge on any atom is 0.327 e. The second-order valence-corrected chi connectivity index (χ2v) is 6.39. The maximum atomic E-state index is 11.4. The number of ether oxygens (including phenoxy) is 1. The van der Waals surface area contributed by atoms with Crippen molar-refractivity contribution in [3.8, 4) is 5.75 Å². The molecule has 1 aromatic carbocycles. The molecule has 0 atom stereocenters. The maximum absolute atomic E-state index is 11.4. The first-order valence-electron chi connectivity index (χ1n) is 8.29. The highest BCUT2D eigenvalue weighted by Crippen LogP contribution is 2.16. The van der Waals surface area contributed by atoms with Gasteiger partial charge in [-0.2, -0.15) is 0 Å². The summed E-state index contributed by atoms with van der Waals surface area (Å²) in [5.41, 5.74) is -0.843. The lowest BCUT2D eigenvalue weighted by molar-refractivity contribution is 0.224. The van der Waals surface area contributed by atoms with Crippen LogP contribution in [0.25, 0.3) is 0 Å². The van der Waals surface area contributed by atoms with Gasteiger partial charge >= 0.3 is 5.69 Å². The van der Waals surface area contributed by atoms with Crippen LogP contribution >= 0.6 is 24.0 Å². The van der Waals surface area contributed by atoms with E-state index in [2.05, 4.69) is 14.9 Å². The van der Waals surface area contributed by atoms with E-state index in [1.54, 1.807) is 0 Å². The zero-order valence-electron chi connectivity index (χ0n) is 14.2.